The molecule has 29 heavy (non-hydrogen) atoms. The van der Waals surface area contributed by atoms with Gasteiger partial charge in [0.15, 0.2) is 5.82 Å². The molecule has 0 aliphatic carbocycles. The van der Waals surface area contributed by atoms with E-state index in [1.54, 1.807) is 6.20 Å². The quantitative estimate of drug-likeness (QED) is 0.665. The maximum atomic E-state index is 11.5. The van der Waals surface area contributed by atoms with E-state index in [1.165, 1.54) is 5.56 Å². The van der Waals surface area contributed by atoms with Crippen molar-refractivity contribution in [2.24, 2.45) is 11.7 Å². The molecule has 7 heteroatoms. The first kappa shape index (κ1) is 19.1. The van der Waals surface area contributed by atoms with Crippen LogP contribution in [0.25, 0.3) is 11.5 Å². The largest absolute Gasteiger partial charge is 0.369 e. The molecule has 0 radical (unpaired) electrons. The van der Waals surface area contributed by atoms with Gasteiger partial charge in [-0.2, -0.15) is 4.98 Å². The van der Waals surface area contributed by atoms with Crippen molar-refractivity contribution >= 4 is 11.7 Å². The van der Waals surface area contributed by atoms with Gasteiger partial charge in [-0.15, -0.1) is 0 Å². The van der Waals surface area contributed by atoms with E-state index in [-0.39, 0.29) is 11.8 Å². The molecule has 1 amide bonds. The lowest BCUT2D eigenvalue weighted by atomic mass is 9.97. The van der Waals surface area contributed by atoms with Gasteiger partial charge in [0.05, 0.1) is 11.5 Å². The number of carbonyl (C=O) groups excluding carboxylic acids is 1. The Morgan fingerprint density at radius 1 is 1.17 bits per heavy atom. The number of primary amides is 1. The van der Waals surface area contributed by atoms with E-state index >= 15 is 0 Å². The number of hydrogen-bond acceptors (Lipinski definition) is 6. The molecule has 3 heterocycles. The second-order valence-electron chi connectivity index (χ2n) is 7.45. The third-order valence-electron chi connectivity index (χ3n) is 5.32. The lowest BCUT2D eigenvalue weighted by Crippen LogP contribution is -2.41. The number of aromatic nitrogens is 3. The van der Waals surface area contributed by atoms with Gasteiger partial charge in [-0.05, 0) is 43.4 Å². The van der Waals surface area contributed by atoms with Gasteiger partial charge in [-0.25, -0.2) is 4.98 Å². The number of nitrogens with zero attached hydrogens (tertiary/aromatic N) is 4. The number of nitrogens with two attached hydrogens (primary N) is 1. The maximum Gasteiger partial charge on any atom is 0.259 e. The van der Waals surface area contributed by atoms with Crippen molar-refractivity contribution < 1.29 is 9.32 Å². The summed E-state index contributed by atoms with van der Waals surface area (Å²) in [6.07, 6.45) is 6.25. The van der Waals surface area contributed by atoms with E-state index in [0.29, 0.717) is 18.3 Å². The summed E-state index contributed by atoms with van der Waals surface area (Å²) in [4.78, 5) is 22.6. The molecule has 1 aliphatic rings. The summed E-state index contributed by atoms with van der Waals surface area (Å²) < 4.78 is 5.41. The van der Waals surface area contributed by atoms with Crippen LogP contribution < -0.4 is 10.6 Å². The number of anilines is 1. The van der Waals surface area contributed by atoms with Gasteiger partial charge in [-0.3, -0.25) is 4.79 Å². The molecular weight excluding hydrogens is 366 g/mol. The Labute approximate surface area is 169 Å². The third-order valence-corrected chi connectivity index (χ3v) is 5.32. The Morgan fingerprint density at radius 3 is 2.79 bits per heavy atom. The van der Waals surface area contributed by atoms with Crippen molar-refractivity contribution in [3.63, 3.8) is 0 Å². The van der Waals surface area contributed by atoms with Crippen LogP contribution in [-0.2, 0) is 17.6 Å². The Balaban J connectivity index is 1.35. The van der Waals surface area contributed by atoms with Crippen LogP contribution in [0.15, 0.2) is 53.2 Å². The monoisotopic (exact) mass is 391 g/mol. The normalized spacial score (nSPS) is 16.7. The SMILES string of the molecule is NC(=O)[C@@H]1CCCN(c2ccc(-c3nc(CCCc4ccccc4)no3)cn2)C1. The number of amides is 1. The summed E-state index contributed by atoms with van der Waals surface area (Å²) in [5, 5.41) is 4.09. The number of piperidine rings is 1. The highest BCUT2D eigenvalue weighted by molar-refractivity contribution is 5.77. The summed E-state index contributed by atoms with van der Waals surface area (Å²) in [7, 11) is 0. The van der Waals surface area contributed by atoms with Crippen LogP contribution in [0.2, 0.25) is 0 Å². The predicted octanol–water partition coefficient (Wildman–Crippen LogP) is 3.01. The van der Waals surface area contributed by atoms with Gasteiger partial charge in [0.25, 0.3) is 5.89 Å². The van der Waals surface area contributed by atoms with Gasteiger partial charge in [0, 0.05) is 25.7 Å². The molecule has 0 spiro atoms. The smallest absolute Gasteiger partial charge is 0.259 e. The average molecular weight is 391 g/mol. The highest BCUT2D eigenvalue weighted by Gasteiger charge is 2.24. The van der Waals surface area contributed by atoms with Crippen LogP contribution >= 0.6 is 0 Å². The number of benzene rings is 1. The molecule has 150 valence electrons. The third kappa shape index (κ3) is 4.80. The zero-order valence-corrected chi connectivity index (χ0v) is 16.3. The van der Waals surface area contributed by atoms with Crippen LogP contribution in [0.3, 0.4) is 0 Å². The van der Waals surface area contributed by atoms with E-state index in [4.69, 9.17) is 10.3 Å². The molecule has 2 aromatic heterocycles. The first-order chi connectivity index (χ1) is 14.2. The maximum absolute atomic E-state index is 11.5. The molecular formula is C22H25N5O2. The van der Waals surface area contributed by atoms with Crippen molar-refractivity contribution in [3.8, 4) is 11.5 Å². The van der Waals surface area contributed by atoms with Crippen LogP contribution in [0.5, 0.6) is 0 Å². The van der Waals surface area contributed by atoms with E-state index in [9.17, 15) is 4.79 Å². The molecule has 7 nitrogen and oxygen atoms in total. The summed E-state index contributed by atoms with van der Waals surface area (Å²) in [5.74, 6) is 1.67. The van der Waals surface area contributed by atoms with Crippen molar-refractivity contribution in [2.45, 2.75) is 32.1 Å². The highest BCUT2D eigenvalue weighted by Crippen LogP contribution is 2.24. The number of carbonyl (C=O) groups is 1. The minimum absolute atomic E-state index is 0.111. The van der Waals surface area contributed by atoms with Crippen molar-refractivity contribution in [3.05, 3.63) is 60.0 Å². The molecule has 1 fully saturated rings. The zero-order valence-electron chi connectivity index (χ0n) is 16.3. The van der Waals surface area contributed by atoms with Crippen molar-refractivity contribution in [1.82, 2.24) is 15.1 Å². The zero-order chi connectivity index (χ0) is 20.1. The van der Waals surface area contributed by atoms with Gasteiger partial charge in [0.2, 0.25) is 5.91 Å². The standard InChI is InChI=1S/C22H25N5O2/c23-21(28)18-9-5-13-27(15-18)20-12-11-17(14-24-20)22-25-19(26-29-22)10-4-8-16-6-2-1-3-7-16/h1-3,6-7,11-12,14,18H,4-5,8-10,13,15H2,(H2,23,28)/t18-/m1/s1. The minimum Gasteiger partial charge on any atom is -0.369 e. The van der Waals surface area contributed by atoms with Gasteiger partial charge < -0.3 is 15.2 Å². The molecule has 0 unspecified atom stereocenters. The summed E-state index contributed by atoms with van der Waals surface area (Å²) in [5.41, 5.74) is 7.57. The van der Waals surface area contributed by atoms with E-state index in [2.05, 4.69) is 44.3 Å². The summed E-state index contributed by atoms with van der Waals surface area (Å²) in [6, 6.07) is 14.2. The fourth-order valence-corrected chi connectivity index (χ4v) is 3.69. The number of aryl methyl sites for hydroxylation is 2. The van der Waals surface area contributed by atoms with Crippen LogP contribution in [0.1, 0.15) is 30.7 Å². The minimum atomic E-state index is -0.239. The van der Waals surface area contributed by atoms with Crippen molar-refractivity contribution in [2.75, 3.05) is 18.0 Å². The Morgan fingerprint density at radius 2 is 2.03 bits per heavy atom. The average Bonchev–Trinajstić information content (AvgIpc) is 3.24. The molecule has 0 saturated carbocycles. The molecule has 3 aromatic rings. The topological polar surface area (TPSA) is 98.1 Å². The molecule has 1 aliphatic heterocycles. The second kappa shape index (κ2) is 8.86. The van der Waals surface area contributed by atoms with Crippen molar-refractivity contribution in [1.29, 1.82) is 0 Å². The Kier molecular flexibility index (Phi) is 5.84. The molecule has 0 bridgehead atoms. The first-order valence-electron chi connectivity index (χ1n) is 10.1. The fraction of sp³-hybridized carbons (Fsp3) is 0.364. The summed E-state index contributed by atoms with van der Waals surface area (Å²) in [6.45, 7) is 1.50. The van der Waals surface area contributed by atoms with E-state index in [0.717, 1.165) is 50.0 Å². The predicted molar refractivity (Wildman–Crippen MR) is 110 cm³/mol. The summed E-state index contributed by atoms with van der Waals surface area (Å²) >= 11 is 0. The Bertz CT molecular complexity index is 939. The van der Waals surface area contributed by atoms with Gasteiger partial charge >= 0.3 is 0 Å². The molecule has 1 saturated heterocycles. The highest BCUT2D eigenvalue weighted by atomic mass is 16.5. The van der Waals surface area contributed by atoms with Gasteiger partial charge in [0.1, 0.15) is 5.82 Å². The van der Waals surface area contributed by atoms with Crippen LogP contribution in [0.4, 0.5) is 5.82 Å². The molecule has 1 atom stereocenters. The molecule has 2 N–H and O–H groups in total. The number of pyridine rings is 1. The van der Waals surface area contributed by atoms with Crippen LogP contribution in [0, 0.1) is 5.92 Å². The second-order valence-corrected chi connectivity index (χ2v) is 7.45. The van der Waals surface area contributed by atoms with E-state index in [1.807, 2.05) is 18.2 Å². The van der Waals surface area contributed by atoms with Gasteiger partial charge in [-0.1, -0.05) is 35.5 Å². The lowest BCUT2D eigenvalue weighted by molar-refractivity contribution is -0.122. The first-order valence-corrected chi connectivity index (χ1v) is 10.1. The molecule has 4 rings (SSSR count). The molecule has 1 aromatic carbocycles. The fourth-order valence-electron chi connectivity index (χ4n) is 3.69. The Hall–Kier alpha value is -3.22. The number of hydrogen-bond donors (Lipinski definition) is 1. The van der Waals surface area contributed by atoms with Crippen LogP contribution in [-0.4, -0.2) is 34.1 Å². The lowest BCUT2D eigenvalue weighted by Gasteiger charge is -2.32. The van der Waals surface area contributed by atoms with E-state index < -0.39 is 0 Å². The number of rotatable bonds is 7.